The summed E-state index contributed by atoms with van der Waals surface area (Å²) in [5.74, 6) is 0.579. The molecule has 1 saturated heterocycles. The Morgan fingerprint density at radius 2 is 1.92 bits per heavy atom. The first-order valence-electron chi connectivity index (χ1n) is 8.79. The van der Waals surface area contributed by atoms with Crippen molar-refractivity contribution in [2.45, 2.75) is 44.5 Å². The van der Waals surface area contributed by atoms with Crippen LogP contribution in [0.5, 0.6) is 0 Å². The van der Waals surface area contributed by atoms with Crippen molar-refractivity contribution in [3.8, 4) is 0 Å². The first kappa shape index (κ1) is 18.0. The number of rotatable bonds is 6. The number of aliphatic hydroxyl groups is 1. The fourth-order valence-electron chi connectivity index (χ4n) is 3.01. The van der Waals surface area contributed by atoms with Gasteiger partial charge in [0.05, 0.1) is 18.1 Å². The molecule has 134 valence electrons. The molecule has 1 amide bonds. The predicted molar refractivity (Wildman–Crippen MR) is 99.6 cm³/mol. The molecule has 1 N–H and O–H groups in total. The largest absolute Gasteiger partial charge is 0.390 e. The van der Waals surface area contributed by atoms with Crippen LogP contribution < -0.4 is 0 Å². The number of carbonyl (C=O) groups is 1. The Morgan fingerprint density at radius 1 is 1.20 bits per heavy atom. The number of likely N-dealkylation sites (tertiary alicyclic amines) is 1. The summed E-state index contributed by atoms with van der Waals surface area (Å²) in [6.07, 6.45) is 5.30. The van der Waals surface area contributed by atoms with E-state index in [1.165, 1.54) is 29.3 Å². The maximum Gasteiger partial charge on any atom is 0.233 e. The van der Waals surface area contributed by atoms with Crippen LogP contribution in [0.4, 0.5) is 0 Å². The van der Waals surface area contributed by atoms with Gasteiger partial charge in [0.15, 0.2) is 5.16 Å². The van der Waals surface area contributed by atoms with Crippen LogP contribution in [0, 0.1) is 6.92 Å². The summed E-state index contributed by atoms with van der Waals surface area (Å²) in [6, 6.07) is 8.38. The molecule has 1 aliphatic rings. The standard InChI is InChI=1S/C19H25N3O2S/c1-15-5-7-16(8-6-15)11-22-12-17(13-23)20-19(22)25-14-18(24)21-9-3-2-4-10-21/h5-8,12,23H,2-4,9-11,13-14H2,1H3. The van der Waals surface area contributed by atoms with E-state index in [1.807, 2.05) is 15.7 Å². The average molecular weight is 359 g/mol. The van der Waals surface area contributed by atoms with Crippen molar-refractivity contribution in [3.63, 3.8) is 0 Å². The van der Waals surface area contributed by atoms with E-state index >= 15 is 0 Å². The fourth-order valence-corrected chi connectivity index (χ4v) is 3.91. The smallest absolute Gasteiger partial charge is 0.233 e. The molecule has 3 rings (SSSR count). The Hall–Kier alpha value is -1.79. The van der Waals surface area contributed by atoms with Gasteiger partial charge in [-0.15, -0.1) is 0 Å². The highest BCUT2D eigenvalue weighted by Crippen LogP contribution is 2.21. The van der Waals surface area contributed by atoms with Crippen molar-refractivity contribution < 1.29 is 9.90 Å². The van der Waals surface area contributed by atoms with Crippen molar-refractivity contribution in [2.75, 3.05) is 18.8 Å². The van der Waals surface area contributed by atoms with E-state index in [9.17, 15) is 9.90 Å². The van der Waals surface area contributed by atoms with Crippen LogP contribution in [0.15, 0.2) is 35.6 Å². The lowest BCUT2D eigenvalue weighted by atomic mass is 10.1. The van der Waals surface area contributed by atoms with Crippen LogP contribution in [0.1, 0.15) is 36.1 Å². The SMILES string of the molecule is Cc1ccc(Cn2cc(CO)nc2SCC(=O)N2CCCCC2)cc1. The summed E-state index contributed by atoms with van der Waals surface area (Å²) in [5.41, 5.74) is 3.05. The molecular weight excluding hydrogens is 334 g/mol. The highest BCUT2D eigenvalue weighted by atomic mass is 32.2. The molecule has 1 fully saturated rings. The molecule has 1 aromatic heterocycles. The van der Waals surface area contributed by atoms with E-state index in [4.69, 9.17) is 0 Å². The van der Waals surface area contributed by atoms with Gasteiger partial charge < -0.3 is 14.6 Å². The lowest BCUT2D eigenvalue weighted by molar-refractivity contribution is -0.129. The van der Waals surface area contributed by atoms with Gasteiger partial charge in [0.1, 0.15) is 0 Å². The zero-order valence-corrected chi connectivity index (χ0v) is 15.5. The number of aryl methyl sites for hydroxylation is 1. The molecule has 0 unspecified atom stereocenters. The number of benzene rings is 1. The molecule has 6 heteroatoms. The van der Waals surface area contributed by atoms with Gasteiger partial charge in [0, 0.05) is 25.8 Å². The van der Waals surface area contributed by atoms with Crippen molar-refractivity contribution in [3.05, 3.63) is 47.3 Å². The lowest BCUT2D eigenvalue weighted by Crippen LogP contribution is -2.36. The van der Waals surface area contributed by atoms with Gasteiger partial charge in [-0.3, -0.25) is 4.79 Å². The topological polar surface area (TPSA) is 58.4 Å². The number of aromatic nitrogens is 2. The second-order valence-corrected chi connectivity index (χ2v) is 7.46. The molecule has 1 aromatic carbocycles. The number of nitrogens with zero attached hydrogens (tertiary/aromatic N) is 3. The van der Waals surface area contributed by atoms with Gasteiger partial charge in [-0.25, -0.2) is 4.98 Å². The van der Waals surface area contributed by atoms with Crippen LogP contribution >= 0.6 is 11.8 Å². The molecule has 0 saturated carbocycles. The minimum Gasteiger partial charge on any atom is -0.390 e. The summed E-state index contributed by atoms with van der Waals surface area (Å²) in [4.78, 5) is 18.8. The van der Waals surface area contributed by atoms with Gasteiger partial charge in [0.25, 0.3) is 0 Å². The number of hydrogen-bond acceptors (Lipinski definition) is 4. The molecular formula is C19H25N3O2S. The quantitative estimate of drug-likeness (QED) is 0.806. The molecule has 1 aliphatic heterocycles. The van der Waals surface area contributed by atoms with Crippen molar-refractivity contribution >= 4 is 17.7 Å². The molecule has 25 heavy (non-hydrogen) atoms. The van der Waals surface area contributed by atoms with Gasteiger partial charge in [-0.1, -0.05) is 41.6 Å². The van der Waals surface area contributed by atoms with E-state index in [2.05, 4.69) is 36.2 Å². The Kier molecular flexibility index (Phi) is 6.15. The number of carbonyl (C=O) groups excluding carboxylic acids is 1. The van der Waals surface area contributed by atoms with Gasteiger partial charge in [-0.05, 0) is 31.7 Å². The van der Waals surface area contributed by atoms with Crippen LogP contribution in [0.3, 0.4) is 0 Å². The van der Waals surface area contributed by atoms with Crippen molar-refractivity contribution in [1.29, 1.82) is 0 Å². The summed E-state index contributed by atoms with van der Waals surface area (Å²) in [5, 5.41) is 10.2. The Bertz CT molecular complexity index is 706. The van der Waals surface area contributed by atoms with E-state index in [0.717, 1.165) is 31.1 Å². The van der Waals surface area contributed by atoms with Crippen LogP contribution in [0.2, 0.25) is 0 Å². The Morgan fingerprint density at radius 3 is 2.60 bits per heavy atom. The number of thioether (sulfide) groups is 1. The summed E-state index contributed by atoms with van der Waals surface area (Å²) >= 11 is 1.46. The van der Waals surface area contributed by atoms with Gasteiger partial charge in [0.2, 0.25) is 5.91 Å². The summed E-state index contributed by atoms with van der Waals surface area (Å²) in [7, 11) is 0. The highest BCUT2D eigenvalue weighted by Gasteiger charge is 2.18. The number of aliphatic hydroxyl groups excluding tert-OH is 1. The average Bonchev–Trinajstić information content (AvgIpc) is 3.04. The second-order valence-electron chi connectivity index (χ2n) is 6.52. The molecule has 0 atom stereocenters. The Labute approximate surface area is 153 Å². The van der Waals surface area contributed by atoms with E-state index in [1.54, 1.807) is 0 Å². The molecule has 0 radical (unpaired) electrons. The highest BCUT2D eigenvalue weighted by molar-refractivity contribution is 7.99. The second kappa shape index (κ2) is 8.54. The first-order chi connectivity index (χ1) is 12.2. The van der Waals surface area contributed by atoms with E-state index < -0.39 is 0 Å². The zero-order chi connectivity index (χ0) is 17.6. The number of piperidine rings is 1. The van der Waals surface area contributed by atoms with Crippen molar-refractivity contribution in [1.82, 2.24) is 14.5 Å². The first-order valence-corrected chi connectivity index (χ1v) is 9.77. The molecule has 5 nitrogen and oxygen atoms in total. The van der Waals surface area contributed by atoms with Gasteiger partial charge >= 0.3 is 0 Å². The number of imidazole rings is 1. The van der Waals surface area contributed by atoms with Crippen LogP contribution in [-0.2, 0) is 17.9 Å². The molecule has 0 bridgehead atoms. The molecule has 0 aliphatic carbocycles. The minimum absolute atomic E-state index is 0.0888. The van der Waals surface area contributed by atoms with Crippen molar-refractivity contribution in [2.24, 2.45) is 0 Å². The zero-order valence-electron chi connectivity index (χ0n) is 14.6. The van der Waals surface area contributed by atoms with Crippen LogP contribution in [-0.4, -0.2) is 44.3 Å². The molecule has 2 aromatic rings. The monoisotopic (exact) mass is 359 g/mol. The Balaban J connectivity index is 1.66. The normalized spacial score (nSPS) is 14.7. The van der Waals surface area contributed by atoms with E-state index in [0.29, 0.717) is 18.0 Å². The molecule has 0 spiro atoms. The maximum absolute atomic E-state index is 12.4. The summed E-state index contributed by atoms with van der Waals surface area (Å²) in [6.45, 7) is 4.42. The summed E-state index contributed by atoms with van der Waals surface area (Å²) < 4.78 is 2.02. The van der Waals surface area contributed by atoms with E-state index in [-0.39, 0.29) is 12.5 Å². The number of hydrogen-bond donors (Lipinski definition) is 1. The minimum atomic E-state index is -0.0888. The fraction of sp³-hybridized carbons (Fsp3) is 0.474. The third-order valence-electron chi connectivity index (χ3n) is 4.46. The third kappa shape index (κ3) is 4.86. The maximum atomic E-state index is 12.4. The third-order valence-corrected chi connectivity index (χ3v) is 5.43. The van der Waals surface area contributed by atoms with Crippen LogP contribution in [0.25, 0.3) is 0 Å². The number of amides is 1. The molecule has 2 heterocycles. The van der Waals surface area contributed by atoms with Gasteiger partial charge in [-0.2, -0.15) is 0 Å². The predicted octanol–water partition coefficient (Wildman–Crippen LogP) is 2.84. The lowest BCUT2D eigenvalue weighted by Gasteiger charge is -2.26.